The smallest absolute Gasteiger partial charge is 0.273 e. The number of anilines is 1. The first-order chi connectivity index (χ1) is 11.3. The molecule has 1 aromatic carbocycles. The monoisotopic (exact) mass is 349 g/mol. The molecular weight excluding hydrogens is 329 g/mol. The van der Waals surface area contributed by atoms with Crippen molar-refractivity contribution in [3.63, 3.8) is 0 Å². The summed E-state index contributed by atoms with van der Waals surface area (Å²) in [7, 11) is 1.58. The number of amides is 2. The summed E-state index contributed by atoms with van der Waals surface area (Å²) < 4.78 is 13.0. The molecule has 24 heavy (non-hydrogen) atoms. The summed E-state index contributed by atoms with van der Waals surface area (Å²) in [4.78, 5) is 32.2. The minimum absolute atomic E-state index is 0.0752. The van der Waals surface area contributed by atoms with E-state index in [1.807, 2.05) is 20.8 Å². The Hall–Kier alpha value is -2.28. The number of aromatic nitrogens is 1. The highest BCUT2D eigenvalue weighted by Gasteiger charge is 2.22. The predicted molar refractivity (Wildman–Crippen MR) is 93.1 cm³/mol. The van der Waals surface area contributed by atoms with Crippen LogP contribution in [-0.4, -0.2) is 41.3 Å². The molecule has 7 heteroatoms. The van der Waals surface area contributed by atoms with Gasteiger partial charge in [0, 0.05) is 30.6 Å². The summed E-state index contributed by atoms with van der Waals surface area (Å²) in [5, 5.41) is 2.07. The van der Waals surface area contributed by atoms with Crippen molar-refractivity contribution in [2.75, 3.05) is 18.5 Å². The number of nitrogens with zero attached hydrogens (tertiary/aromatic N) is 3. The third kappa shape index (κ3) is 3.79. The quantitative estimate of drug-likeness (QED) is 0.831. The van der Waals surface area contributed by atoms with Crippen LogP contribution in [0.3, 0.4) is 0 Å². The van der Waals surface area contributed by atoms with E-state index in [9.17, 15) is 14.0 Å². The molecule has 0 saturated heterocycles. The Labute approximate surface area is 144 Å². The highest BCUT2D eigenvalue weighted by atomic mass is 32.1. The molecule has 2 amide bonds. The molecule has 0 atom stereocenters. The summed E-state index contributed by atoms with van der Waals surface area (Å²) in [6.45, 7) is 6.39. The number of thiazole rings is 1. The minimum Gasteiger partial charge on any atom is -0.335 e. The standard InChI is InChI=1S/C17H20FN3O2S/c1-5-21(11(2)3)16(23)14-10-24-17(19-14)20(4)15(22)12-6-8-13(18)9-7-12/h6-11H,5H2,1-4H3. The molecule has 2 aromatic rings. The molecule has 1 aromatic heterocycles. The molecule has 0 bridgehead atoms. The van der Waals surface area contributed by atoms with Crippen LogP contribution in [0.4, 0.5) is 9.52 Å². The van der Waals surface area contributed by atoms with Crippen molar-refractivity contribution in [3.8, 4) is 0 Å². The van der Waals surface area contributed by atoms with E-state index in [0.29, 0.717) is 22.9 Å². The van der Waals surface area contributed by atoms with Crippen molar-refractivity contribution < 1.29 is 14.0 Å². The second-order valence-corrected chi connectivity index (χ2v) is 6.41. The number of carbonyl (C=O) groups excluding carboxylic acids is 2. The van der Waals surface area contributed by atoms with E-state index in [0.717, 1.165) is 0 Å². The van der Waals surface area contributed by atoms with E-state index in [2.05, 4.69) is 4.98 Å². The van der Waals surface area contributed by atoms with Gasteiger partial charge in [-0.3, -0.25) is 14.5 Å². The van der Waals surface area contributed by atoms with Crippen molar-refractivity contribution in [1.29, 1.82) is 0 Å². The first kappa shape index (κ1) is 18.1. The van der Waals surface area contributed by atoms with Crippen LogP contribution in [0, 0.1) is 5.82 Å². The van der Waals surface area contributed by atoms with Crippen LogP contribution in [0.2, 0.25) is 0 Å². The van der Waals surface area contributed by atoms with Crippen molar-refractivity contribution in [2.45, 2.75) is 26.8 Å². The van der Waals surface area contributed by atoms with Crippen LogP contribution < -0.4 is 4.90 Å². The molecule has 2 rings (SSSR count). The van der Waals surface area contributed by atoms with Gasteiger partial charge in [-0.2, -0.15) is 0 Å². The molecule has 0 aliphatic rings. The summed E-state index contributed by atoms with van der Waals surface area (Å²) in [5.74, 6) is -0.859. The lowest BCUT2D eigenvalue weighted by Crippen LogP contribution is -2.37. The van der Waals surface area contributed by atoms with Crippen molar-refractivity contribution in [3.05, 3.63) is 46.7 Å². The maximum absolute atomic E-state index is 13.0. The Balaban J connectivity index is 2.18. The van der Waals surface area contributed by atoms with E-state index in [1.165, 1.54) is 40.5 Å². The Bertz CT molecular complexity index is 728. The summed E-state index contributed by atoms with van der Waals surface area (Å²) in [6, 6.07) is 5.39. The molecule has 0 aliphatic heterocycles. The Morgan fingerprint density at radius 1 is 1.21 bits per heavy atom. The van der Waals surface area contributed by atoms with Gasteiger partial charge in [-0.05, 0) is 45.0 Å². The van der Waals surface area contributed by atoms with Crippen molar-refractivity contribution in [2.24, 2.45) is 0 Å². The number of carbonyl (C=O) groups is 2. The second kappa shape index (κ2) is 7.53. The molecule has 0 N–H and O–H groups in total. The molecule has 0 spiro atoms. The van der Waals surface area contributed by atoms with E-state index in [4.69, 9.17) is 0 Å². The average Bonchev–Trinajstić information content (AvgIpc) is 3.04. The van der Waals surface area contributed by atoms with Gasteiger partial charge in [0.1, 0.15) is 11.5 Å². The Morgan fingerprint density at radius 3 is 2.38 bits per heavy atom. The largest absolute Gasteiger partial charge is 0.335 e. The van der Waals surface area contributed by atoms with Crippen LogP contribution >= 0.6 is 11.3 Å². The lowest BCUT2D eigenvalue weighted by molar-refractivity contribution is 0.0711. The summed E-state index contributed by atoms with van der Waals surface area (Å²) in [5.41, 5.74) is 0.684. The van der Waals surface area contributed by atoms with Gasteiger partial charge >= 0.3 is 0 Å². The summed E-state index contributed by atoms with van der Waals surface area (Å²) >= 11 is 1.22. The predicted octanol–water partition coefficient (Wildman–Crippen LogP) is 3.43. The van der Waals surface area contributed by atoms with Gasteiger partial charge in [0.05, 0.1) is 0 Å². The van der Waals surface area contributed by atoms with Crippen LogP contribution in [0.25, 0.3) is 0 Å². The van der Waals surface area contributed by atoms with Gasteiger partial charge < -0.3 is 4.90 Å². The fourth-order valence-electron chi connectivity index (χ4n) is 2.28. The molecule has 128 valence electrons. The fourth-order valence-corrected chi connectivity index (χ4v) is 3.04. The van der Waals surface area contributed by atoms with Crippen LogP contribution in [0.5, 0.6) is 0 Å². The van der Waals surface area contributed by atoms with E-state index in [-0.39, 0.29) is 17.9 Å². The number of hydrogen-bond donors (Lipinski definition) is 0. The first-order valence-corrected chi connectivity index (χ1v) is 8.53. The van der Waals surface area contributed by atoms with Gasteiger partial charge in [-0.1, -0.05) is 0 Å². The SMILES string of the molecule is CCN(C(=O)c1csc(N(C)C(=O)c2ccc(F)cc2)n1)C(C)C. The molecule has 0 unspecified atom stereocenters. The van der Waals surface area contributed by atoms with Crippen molar-refractivity contribution in [1.82, 2.24) is 9.88 Å². The number of halogens is 1. The van der Waals surface area contributed by atoms with Crippen LogP contribution in [0.1, 0.15) is 41.6 Å². The normalized spacial score (nSPS) is 10.8. The van der Waals surface area contributed by atoms with Crippen LogP contribution in [0.15, 0.2) is 29.6 Å². The molecule has 0 aliphatic carbocycles. The molecule has 0 saturated carbocycles. The van der Waals surface area contributed by atoms with Gasteiger partial charge in [-0.15, -0.1) is 11.3 Å². The number of benzene rings is 1. The van der Waals surface area contributed by atoms with Gasteiger partial charge in [-0.25, -0.2) is 9.37 Å². The zero-order chi connectivity index (χ0) is 17.9. The summed E-state index contributed by atoms with van der Waals surface area (Å²) in [6.07, 6.45) is 0. The van der Waals surface area contributed by atoms with Crippen molar-refractivity contribution >= 4 is 28.3 Å². The topological polar surface area (TPSA) is 53.5 Å². The van der Waals surface area contributed by atoms with Crippen LogP contribution in [-0.2, 0) is 0 Å². The lowest BCUT2D eigenvalue weighted by atomic mass is 10.2. The van der Waals surface area contributed by atoms with Gasteiger partial charge in [0.2, 0.25) is 0 Å². The Morgan fingerprint density at radius 2 is 1.83 bits per heavy atom. The first-order valence-electron chi connectivity index (χ1n) is 7.65. The van der Waals surface area contributed by atoms with Gasteiger partial charge in [0.15, 0.2) is 5.13 Å². The zero-order valence-electron chi connectivity index (χ0n) is 14.1. The Kier molecular flexibility index (Phi) is 5.66. The molecule has 0 fully saturated rings. The molecular formula is C17H20FN3O2S. The zero-order valence-corrected chi connectivity index (χ0v) is 14.9. The van der Waals surface area contributed by atoms with E-state index in [1.54, 1.807) is 17.3 Å². The van der Waals surface area contributed by atoms with E-state index >= 15 is 0 Å². The lowest BCUT2D eigenvalue weighted by Gasteiger charge is -2.24. The number of hydrogen-bond acceptors (Lipinski definition) is 4. The van der Waals surface area contributed by atoms with E-state index < -0.39 is 5.82 Å². The fraction of sp³-hybridized carbons (Fsp3) is 0.353. The third-order valence-corrected chi connectivity index (χ3v) is 4.54. The molecule has 0 radical (unpaired) electrons. The minimum atomic E-state index is -0.398. The van der Waals surface area contributed by atoms with Gasteiger partial charge in [0.25, 0.3) is 11.8 Å². The maximum atomic E-state index is 13.0. The highest BCUT2D eigenvalue weighted by molar-refractivity contribution is 7.14. The third-order valence-electron chi connectivity index (χ3n) is 3.62. The maximum Gasteiger partial charge on any atom is 0.273 e. The number of rotatable bonds is 5. The highest BCUT2D eigenvalue weighted by Crippen LogP contribution is 2.22. The second-order valence-electron chi connectivity index (χ2n) is 5.57. The molecule has 1 heterocycles. The average molecular weight is 349 g/mol. The molecule has 5 nitrogen and oxygen atoms in total.